The average Bonchev–Trinajstić information content (AvgIpc) is 3.00. The molecular weight excluding hydrogens is 290 g/mol. The first-order valence-corrected chi connectivity index (χ1v) is 6.68. The Morgan fingerprint density at radius 1 is 1.48 bits per heavy atom. The van der Waals surface area contributed by atoms with E-state index in [1.165, 1.54) is 6.26 Å². The SMILES string of the molecule is CCC(C)C(N)C(=O)Nc1cccc(-c2ncco2)c1.Cl. The largest absolute Gasteiger partial charge is 0.445 e. The van der Waals surface area contributed by atoms with Crippen LogP contribution in [-0.4, -0.2) is 16.9 Å². The first-order valence-electron chi connectivity index (χ1n) is 6.68. The van der Waals surface area contributed by atoms with Gasteiger partial charge in [0.15, 0.2) is 0 Å². The van der Waals surface area contributed by atoms with Crippen molar-refractivity contribution in [3.63, 3.8) is 0 Å². The van der Waals surface area contributed by atoms with Crippen LogP contribution in [-0.2, 0) is 4.79 Å². The molecule has 1 aromatic heterocycles. The van der Waals surface area contributed by atoms with Gasteiger partial charge < -0.3 is 15.5 Å². The number of amides is 1. The molecule has 1 aromatic carbocycles. The quantitative estimate of drug-likeness (QED) is 0.889. The van der Waals surface area contributed by atoms with E-state index >= 15 is 0 Å². The van der Waals surface area contributed by atoms with Gasteiger partial charge in [-0.05, 0) is 24.1 Å². The minimum Gasteiger partial charge on any atom is -0.445 e. The van der Waals surface area contributed by atoms with Crippen LogP contribution in [0.4, 0.5) is 5.69 Å². The predicted octanol–water partition coefficient (Wildman–Crippen LogP) is 3.08. The van der Waals surface area contributed by atoms with Gasteiger partial charge in [-0.25, -0.2) is 4.98 Å². The fraction of sp³-hybridized carbons (Fsp3) is 0.333. The molecule has 0 aliphatic rings. The highest BCUT2D eigenvalue weighted by atomic mass is 35.5. The third-order valence-corrected chi connectivity index (χ3v) is 3.37. The summed E-state index contributed by atoms with van der Waals surface area (Å²) < 4.78 is 5.23. The lowest BCUT2D eigenvalue weighted by Crippen LogP contribution is -2.40. The summed E-state index contributed by atoms with van der Waals surface area (Å²) in [5.41, 5.74) is 7.40. The van der Waals surface area contributed by atoms with Crippen LogP contribution in [0.25, 0.3) is 11.5 Å². The highest BCUT2D eigenvalue weighted by Crippen LogP contribution is 2.21. The number of nitrogens with zero attached hydrogens (tertiary/aromatic N) is 1. The number of oxazole rings is 1. The summed E-state index contributed by atoms with van der Waals surface area (Å²) in [5, 5.41) is 2.83. The van der Waals surface area contributed by atoms with Crippen molar-refractivity contribution in [2.24, 2.45) is 11.7 Å². The molecule has 0 spiro atoms. The van der Waals surface area contributed by atoms with E-state index in [0.29, 0.717) is 11.6 Å². The van der Waals surface area contributed by atoms with Gasteiger partial charge in [-0.2, -0.15) is 0 Å². The van der Waals surface area contributed by atoms with E-state index in [-0.39, 0.29) is 24.2 Å². The molecule has 21 heavy (non-hydrogen) atoms. The summed E-state index contributed by atoms with van der Waals surface area (Å²) >= 11 is 0. The molecule has 2 atom stereocenters. The van der Waals surface area contributed by atoms with Crippen molar-refractivity contribution < 1.29 is 9.21 Å². The Hall–Kier alpha value is -1.85. The Morgan fingerprint density at radius 2 is 2.24 bits per heavy atom. The molecule has 6 heteroatoms. The van der Waals surface area contributed by atoms with E-state index in [4.69, 9.17) is 10.2 Å². The summed E-state index contributed by atoms with van der Waals surface area (Å²) in [6, 6.07) is 6.83. The van der Waals surface area contributed by atoms with E-state index in [1.54, 1.807) is 6.20 Å². The van der Waals surface area contributed by atoms with Crippen LogP contribution in [0.3, 0.4) is 0 Å². The molecule has 2 aromatic rings. The predicted molar refractivity (Wildman–Crippen MR) is 85.2 cm³/mol. The van der Waals surface area contributed by atoms with Crippen molar-refractivity contribution in [1.29, 1.82) is 0 Å². The van der Waals surface area contributed by atoms with E-state index < -0.39 is 6.04 Å². The molecule has 1 amide bonds. The second kappa shape index (κ2) is 7.81. The monoisotopic (exact) mass is 309 g/mol. The second-order valence-electron chi connectivity index (χ2n) is 4.82. The Kier molecular flexibility index (Phi) is 6.39. The van der Waals surface area contributed by atoms with E-state index in [9.17, 15) is 4.79 Å². The number of carbonyl (C=O) groups excluding carboxylic acids is 1. The van der Waals surface area contributed by atoms with Gasteiger partial charge in [-0.3, -0.25) is 4.79 Å². The summed E-state index contributed by atoms with van der Waals surface area (Å²) in [7, 11) is 0. The van der Waals surface area contributed by atoms with E-state index in [0.717, 1.165) is 12.0 Å². The zero-order valence-electron chi connectivity index (χ0n) is 12.1. The summed E-state index contributed by atoms with van der Waals surface area (Å²) in [5.74, 6) is 0.487. The van der Waals surface area contributed by atoms with Gasteiger partial charge in [-0.1, -0.05) is 26.3 Å². The van der Waals surface area contributed by atoms with Crippen molar-refractivity contribution in [3.05, 3.63) is 36.7 Å². The zero-order chi connectivity index (χ0) is 14.5. The van der Waals surface area contributed by atoms with Crippen molar-refractivity contribution in [2.45, 2.75) is 26.3 Å². The van der Waals surface area contributed by atoms with Gasteiger partial charge in [0, 0.05) is 11.3 Å². The van der Waals surface area contributed by atoms with Crippen LogP contribution in [0, 0.1) is 5.92 Å². The Labute approximate surface area is 130 Å². The number of rotatable bonds is 5. The van der Waals surface area contributed by atoms with Crippen LogP contribution in [0.5, 0.6) is 0 Å². The average molecular weight is 310 g/mol. The standard InChI is InChI=1S/C15H19N3O2.ClH/c1-3-10(2)13(16)14(19)18-12-6-4-5-11(9-12)15-17-7-8-20-15;/h4-10,13H,3,16H2,1-2H3,(H,18,19);1H. The number of hydrogen-bond acceptors (Lipinski definition) is 4. The van der Waals surface area contributed by atoms with Crippen molar-refractivity contribution in [3.8, 4) is 11.5 Å². The van der Waals surface area contributed by atoms with Crippen LogP contribution >= 0.6 is 12.4 Å². The normalized spacial score (nSPS) is 13.1. The van der Waals surface area contributed by atoms with E-state index in [1.807, 2.05) is 38.1 Å². The molecule has 0 saturated carbocycles. The van der Waals surface area contributed by atoms with Crippen LogP contribution < -0.4 is 11.1 Å². The Balaban J connectivity index is 0.00000220. The number of anilines is 1. The highest BCUT2D eigenvalue weighted by Gasteiger charge is 2.19. The summed E-state index contributed by atoms with van der Waals surface area (Å²) in [6.07, 6.45) is 3.96. The number of nitrogens with one attached hydrogen (secondary N) is 1. The van der Waals surface area contributed by atoms with E-state index in [2.05, 4.69) is 10.3 Å². The summed E-state index contributed by atoms with van der Waals surface area (Å²) in [6.45, 7) is 3.98. The summed E-state index contributed by atoms with van der Waals surface area (Å²) in [4.78, 5) is 16.1. The van der Waals surface area contributed by atoms with Crippen LogP contribution in [0.2, 0.25) is 0 Å². The number of nitrogens with two attached hydrogens (primary N) is 1. The Morgan fingerprint density at radius 3 is 2.86 bits per heavy atom. The Bertz CT molecular complexity index is 572. The van der Waals surface area contributed by atoms with Gasteiger partial charge >= 0.3 is 0 Å². The lowest BCUT2D eigenvalue weighted by molar-refractivity contribution is -0.118. The molecule has 5 nitrogen and oxygen atoms in total. The molecule has 0 aliphatic carbocycles. The molecule has 3 N–H and O–H groups in total. The maximum absolute atomic E-state index is 12.0. The van der Waals surface area contributed by atoms with Crippen LogP contribution in [0.1, 0.15) is 20.3 Å². The molecule has 0 bridgehead atoms. The van der Waals surface area contributed by atoms with Crippen LogP contribution in [0.15, 0.2) is 41.1 Å². The minimum absolute atomic E-state index is 0. The lowest BCUT2D eigenvalue weighted by Gasteiger charge is -2.17. The van der Waals surface area contributed by atoms with Gasteiger partial charge in [0.25, 0.3) is 0 Å². The molecule has 0 radical (unpaired) electrons. The fourth-order valence-corrected chi connectivity index (χ4v) is 1.83. The third kappa shape index (κ3) is 4.31. The molecule has 1 heterocycles. The third-order valence-electron chi connectivity index (χ3n) is 3.37. The number of hydrogen-bond donors (Lipinski definition) is 2. The molecule has 2 unspecified atom stereocenters. The molecule has 0 fully saturated rings. The minimum atomic E-state index is -0.509. The molecule has 0 saturated heterocycles. The van der Waals surface area contributed by atoms with Crippen molar-refractivity contribution >= 4 is 24.0 Å². The van der Waals surface area contributed by atoms with Gasteiger partial charge in [0.05, 0.1) is 12.2 Å². The fourth-order valence-electron chi connectivity index (χ4n) is 1.83. The molecular formula is C15H20ClN3O2. The smallest absolute Gasteiger partial charge is 0.241 e. The maximum atomic E-state index is 12.0. The number of carbonyl (C=O) groups is 1. The molecule has 0 aliphatic heterocycles. The molecule has 114 valence electrons. The number of benzene rings is 1. The highest BCUT2D eigenvalue weighted by molar-refractivity contribution is 5.95. The first-order chi connectivity index (χ1) is 9.61. The first kappa shape index (κ1) is 17.2. The van der Waals surface area contributed by atoms with Crippen molar-refractivity contribution in [2.75, 3.05) is 5.32 Å². The molecule has 2 rings (SSSR count). The van der Waals surface area contributed by atoms with Gasteiger partial charge in [0.2, 0.25) is 11.8 Å². The topological polar surface area (TPSA) is 81.2 Å². The maximum Gasteiger partial charge on any atom is 0.241 e. The number of aromatic nitrogens is 1. The zero-order valence-corrected chi connectivity index (χ0v) is 12.9. The number of halogens is 1. The second-order valence-corrected chi connectivity index (χ2v) is 4.82. The van der Waals surface area contributed by atoms with Crippen molar-refractivity contribution in [1.82, 2.24) is 4.98 Å². The lowest BCUT2D eigenvalue weighted by atomic mass is 9.99. The van der Waals surface area contributed by atoms with Gasteiger partial charge in [-0.15, -0.1) is 12.4 Å². The van der Waals surface area contributed by atoms with Gasteiger partial charge in [0.1, 0.15) is 6.26 Å².